The van der Waals surface area contributed by atoms with Gasteiger partial charge in [-0.15, -0.1) is 0 Å². The van der Waals surface area contributed by atoms with E-state index in [0.29, 0.717) is 27.9 Å². The third kappa shape index (κ3) is 5.46. The molecule has 1 heterocycles. The molecule has 4 rings (SSSR count). The van der Waals surface area contributed by atoms with Crippen LogP contribution in [-0.2, 0) is 11.4 Å². The number of hydrogen-bond acceptors (Lipinski definition) is 4. The summed E-state index contributed by atoms with van der Waals surface area (Å²) in [6.45, 7) is 0.477. The largest absolute Gasteiger partial charge is 0.497 e. The fourth-order valence-electron chi connectivity index (χ4n) is 3.63. The van der Waals surface area contributed by atoms with Gasteiger partial charge in [0.25, 0.3) is 5.91 Å². The molecule has 0 unspecified atom stereocenters. The Hall–Kier alpha value is -3.09. The van der Waals surface area contributed by atoms with Crippen LogP contribution in [0.4, 0.5) is 4.39 Å². The van der Waals surface area contributed by atoms with Gasteiger partial charge in [0.05, 0.1) is 35.0 Å². The van der Waals surface area contributed by atoms with E-state index in [-0.39, 0.29) is 18.7 Å². The van der Waals surface area contributed by atoms with Crippen molar-refractivity contribution in [1.82, 2.24) is 4.90 Å². The Labute approximate surface area is 201 Å². The lowest BCUT2D eigenvalue weighted by Gasteiger charge is -2.25. The Morgan fingerprint density at radius 2 is 1.94 bits per heavy atom. The number of oxime groups is 1. The Bertz CT molecular complexity index is 1200. The van der Waals surface area contributed by atoms with Crippen molar-refractivity contribution in [1.29, 1.82) is 0 Å². The van der Waals surface area contributed by atoms with E-state index in [2.05, 4.69) is 5.16 Å². The maximum Gasteiger partial charge on any atom is 0.257 e. The fraction of sp³-hybridized carbons (Fsp3) is 0.200. The molecule has 0 spiro atoms. The van der Waals surface area contributed by atoms with E-state index in [4.69, 9.17) is 32.8 Å². The zero-order chi connectivity index (χ0) is 23.4. The standard InChI is InChI=1S/C25H21Cl2FN2O3/c1-32-18-6-4-5-16(11-18)14-30(25(31)20-7-2-3-8-23(20)28)15-19-13-24(29-33-19)17-9-10-21(26)22(27)12-17/h2-12,19H,13-15H2,1H3/t19-/m0/s1. The number of halogens is 3. The number of carbonyl (C=O) groups is 1. The molecule has 8 heteroatoms. The van der Waals surface area contributed by atoms with Gasteiger partial charge in [0.1, 0.15) is 11.6 Å². The molecule has 1 aliphatic heterocycles. The minimum atomic E-state index is -0.571. The summed E-state index contributed by atoms with van der Waals surface area (Å²) >= 11 is 12.1. The van der Waals surface area contributed by atoms with Crippen molar-refractivity contribution in [3.8, 4) is 5.75 Å². The van der Waals surface area contributed by atoms with Crippen molar-refractivity contribution in [2.75, 3.05) is 13.7 Å². The molecule has 5 nitrogen and oxygen atoms in total. The summed E-state index contributed by atoms with van der Waals surface area (Å²) in [7, 11) is 1.58. The number of nitrogens with zero attached hydrogens (tertiary/aromatic N) is 2. The number of benzene rings is 3. The molecule has 0 N–H and O–H groups in total. The van der Waals surface area contributed by atoms with Gasteiger partial charge in [0.15, 0.2) is 6.10 Å². The van der Waals surface area contributed by atoms with Crippen LogP contribution in [0.1, 0.15) is 27.9 Å². The quantitative estimate of drug-likeness (QED) is 0.412. The molecule has 0 aromatic heterocycles. The monoisotopic (exact) mass is 486 g/mol. The molecule has 0 saturated carbocycles. The zero-order valence-corrected chi connectivity index (χ0v) is 19.3. The Balaban J connectivity index is 1.54. The highest BCUT2D eigenvalue weighted by atomic mass is 35.5. The van der Waals surface area contributed by atoms with E-state index in [9.17, 15) is 9.18 Å². The number of amides is 1. The van der Waals surface area contributed by atoms with Crippen LogP contribution in [-0.4, -0.2) is 36.3 Å². The highest BCUT2D eigenvalue weighted by Gasteiger charge is 2.28. The molecular formula is C25H21Cl2FN2O3. The zero-order valence-electron chi connectivity index (χ0n) is 17.8. The van der Waals surface area contributed by atoms with Crippen molar-refractivity contribution < 1.29 is 18.8 Å². The van der Waals surface area contributed by atoms with Gasteiger partial charge in [0.2, 0.25) is 0 Å². The second-order valence-corrected chi connectivity index (χ2v) is 8.43. The normalized spacial score (nSPS) is 15.0. The third-order valence-corrected chi connectivity index (χ3v) is 6.05. The summed E-state index contributed by atoms with van der Waals surface area (Å²) in [4.78, 5) is 20.5. The summed E-state index contributed by atoms with van der Waals surface area (Å²) in [5, 5.41) is 5.06. The smallest absolute Gasteiger partial charge is 0.257 e. The lowest BCUT2D eigenvalue weighted by Crippen LogP contribution is -2.37. The molecule has 33 heavy (non-hydrogen) atoms. The SMILES string of the molecule is COc1cccc(CN(C[C@@H]2CC(c3ccc(Cl)c(Cl)c3)=NO2)C(=O)c2ccccc2F)c1. The topological polar surface area (TPSA) is 51.1 Å². The predicted octanol–water partition coefficient (Wildman–Crippen LogP) is 5.98. The van der Waals surface area contributed by atoms with Crippen LogP contribution < -0.4 is 4.74 Å². The summed E-state index contributed by atoms with van der Waals surface area (Å²) in [6.07, 6.45) is 0.0766. The molecule has 0 bridgehead atoms. The van der Waals surface area contributed by atoms with E-state index < -0.39 is 17.8 Å². The van der Waals surface area contributed by atoms with Crippen molar-refractivity contribution in [3.63, 3.8) is 0 Å². The molecule has 3 aromatic carbocycles. The summed E-state index contributed by atoms with van der Waals surface area (Å²) in [5.74, 6) is -0.325. The first kappa shape index (κ1) is 23.1. The van der Waals surface area contributed by atoms with Gasteiger partial charge < -0.3 is 14.5 Å². The van der Waals surface area contributed by atoms with Crippen LogP contribution in [0.25, 0.3) is 0 Å². The number of rotatable bonds is 7. The van der Waals surface area contributed by atoms with E-state index in [1.54, 1.807) is 36.3 Å². The molecule has 0 fully saturated rings. The minimum absolute atomic E-state index is 0.00372. The molecule has 0 saturated heterocycles. The predicted molar refractivity (Wildman–Crippen MR) is 127 cm³/mol. The van der Waals surface area contributed by atoms with E-state index in [0.717, 1.165) is 11.1 Å². The van der Waals surface area contributed by atoms with Crippen LogP contribution in [0, 0.1) is 5.82 Å². The summed E-state index contributed by atoms with van der Waals surface area (Å²) < 4.78 is 19.7. The maximum absolute atomic E-state index is 14.4. The lowest BCUT2D eigenvalue weighted by molar-refractivity contribution is 0.0402. The minimum Gasteiger partial charge on any atom is -0.497 e. The number of methoxy groups -OCH3 is 1. The van der Waals surface area contributed by atoms with Gasteiger partial charge in [-0.25, -0.2) is 4.39 Å². The van der Waals surface area contributed by atoms with Crippen molar-refractivity contribution in [2.45, 2.75) is 19.1 Å². The van der Waals surface area contributed by atoms with E-state index in [1.165, 1.54) is 12.1 Å². The Morgan fingerprint density at radius 1 is 1.12 bits per heavy atom. The number of carbonyl (C=O) groups excluding carboxylic acids is 1. The van der Waals surface area contributed by atoms with Gasteiger partial charge in [-0.2, -0.15) is 0 Å². The summed E-state index contributed by atoms with van der Waals surface area (Å²) in [6, 6.07) is 18.6. The fourth-order valence-corrected chi connectivity index (χ4v) is 3.93. The molecule has 0 radical (unpaired) electrons. The van der Waals surface area contributed by atoms with Crippen molar-refractivity contribution in [2.24, 2.45) is 5.16 Å². The molecule has 1 amide bonds. The first-order chi connectivity index (χ1) is 15.9. The molecule has 1 atom stereocenters. The van der Waals surface area contributed by atoms with Crippen LogP contribution in [0.15, 0.2) is 71.9 Å². The van der Waals surface area contributed by atoms with Crippen molar-refractivity contribution >= 4 is 34.8 Å². The van der Waals surface area contributed by atoms with Crippen LogP contribution in [0.5, 0.6) is 5.75 Å². The number of hydrogen-bond donors (Lipinski definition) is 0. The molecular weight excluding hydrogens is 466 g/mol. The summed E-state index contributed by atoms with van der Waals surface area (Å²) in [5.41, 5.74) is 2.36. The first-order valence-electron chi connectivity index (χ1n) is 10.3. The van der Waals surface area contributed by atoms with Gasteiger partial charge in [-0.05, 0) is 42.0 Å². The molecule has 0 aliphatic carbocycles. The molecule has 170 valence electrons. The van der Waals surface area contributed by atoms with Crippen LogP contribution in [0.2, 0.25) is 10.0 Å². The van der Waals surface area contributed by atoms with Gasteiger partial charge in [-0.3, -0.25) is 4.79 Å². The maximum atomic E-state index is 14.4. The first-order valence-corrected chi connectivity index (χ1v) is 11.0. The van der Waals surface area contributed by atoms with E-state index in [1.807, 2.05) is 30.3 Å². The van der Waals surface area contributed by atoms with Gasteiger partial charge in [0, 0.05) is 18.5 Å². The number of ether oxygens (including phenoxy) is 1. The van der Waals surface area contributed by atoms with Crippen LogP contribution in [0.3, 0.4) is 0 Å². The van der Waals surface area contributed by atoms with Crippen molar-refractivity contribution in [3.05, 3.63) is 99.3 Å². The highest BCUT2D eigenvalue weighted by molar-refractivity contribution is 6.42. The average Bonchev–Trinajstić information content (AvgIpc) is 3.29. The second-order valence-electron chi connectivity index (χ2n) is 7.62. The Morgan fingerprint density at radius 3 is 2.70 bits per heavy atom. The molecule has 3 aromatic rings. The Kier molecular flexibility index (Phi) is 7.16. The van der Waals surface area contributed by atoms with Gasteiger partial charge >= 0.3 is 0 Å². The third-order valence-electron chi connectivity index (χ3n) is 5.31. The molecule has 1 aliphatic rings. The lowest BCUT2D eigenvalue weighted by atomic mass is 10.0. The highest BCUT2D eigenvalue weighted by Crippen LogP contribution is 2.26. The average molecular weight is 487 g/mol. The van der Waals surface area contributed by atoms with E-state index >= 15 is 0 Å². The van der Waals surface area contributed by atoms with Crippen LogP contribution >= 0.6 is 23.2 Å². The van der Waals surface area contributed by atoms with Gasteiger partial charge in [-0.1, -0.05) is 58.7 Å². The second kappa shape index (κ2) is 10.2.